The van der Waals surface area contributed by atoms with Gasteiger partial charge in [-0.2, -0.15) is 4.98 Å². The van der Waals surface area contributed by atoms with Crippen LogP contribution in [0.15, 0.2) is 6.20 Å². The first-order chi connectivity index (χ1) is 9.72. The zero-order chi connectivity index (χ0) is 14.4. The molecule has 0 aromatic carbocycles. The molecule has 0 bridgehead atoms. The first kappa shape index (κ1) is 14.5. The van der Waals surface area contributed by atoms with Crippen LogP contribution in [0.25, 0.3) is 0 Å². The van der Waals surface area contributed by atoms with E-state index in [-0.39, 0.29) is 5.69 Å². The molecule has 0 unspecified atom stereocenters. The minimum atomic E-state index is -0.399. The third-order valence-corrected chi connectivity index (χ3v) is 3.44. The van der Waals surface area contributed by atoms with Gasteiger partial charge in [0.05, 0.1) is 4.92 Å². The van der Waals surface area contributed by atoms with Crippen molar-refractivity contribution in [1.29, 1.82) is 0 Å². The summed E-state index contributed by atoms with van der Waals surface area (Å²) < 4.78 is 0. The molecule has 1 fully saturated rings. The Labute approximate surface area is 118 Å². The van der Waals surface area contributed by atoms with Crippen LogP contribution in [-0.4, -0.2) is 34.5 Å². The number of nitrogens with zero attached hydrogens (tertiary/aromatic N) is 4. The molecule has 0 radical (unpaired) electrons. The zero-order valence-corrected chi connectivity index (χ0v) is 11.8. The maximum absolute atomic E-state index is 11.2. The van der Waals surface area contributed by atoms with E-state index >= 15 is 0 Å². The highest BCUT2D eigenvalue weighted by molar-refractivity contribution is 5.58. The Bertz CT molecular complexity index is 458. The molecule has 1 aromatic heterocycles. The Balaban J connectivity index is 2.29. The molecular formula is C13H21N5O2. The topological polar surface area (TPSA) is 84.2 Å². The van der Waals surface area contributed by atoms with Crippen molar-refractivity contribution in [3.05, 3.63) is 16.3 Å². The summed E-state index contributed by atoms with van der Waals surface area (Å²) in [5.74, 6) is 0.901. The van der Waals surface area contributed by atoms with Gasteiger partial charge in [0, 0.05) is 19.6 Å². The molecule has 0 aliphatic carbocycles. The lowest BCUT2D eigenvalue weighted by atomic mass is 10.1. The first-order valence-electron chi connectivity index (χ1n) is 7.22. The smallest absolute Gasteiger partial charge is 0.329 e. The third kappa shape index (κ3) is 3.55. The minimum absolute atomic E-state index is 0.00720. The van der Waals surface area contributed by atoms with Gasteiger partial charge >= 0.3 is 5.69 Å². The quantitative estimate of drug-likeness (QED) is 0.673. The van der Waals surface area contributed by atoms with Gasteiger partial charge in [-0.05, 0) is 19.8 Å². The van der Waals surface area contributed by atoms with Crippen LogP contribution in [0.3, 0.4) is 0 Å². The Kier molecular flexibility index (Phi) is 5.09. The van der Waals surface area contributed by atoms with Crippen LogP contribution in [0.2, 0.25) is 0 Å². The van der Waals surface area contributed by atoms with Crippen LogP contribution in [-0.2, 0) is 0 Å². The van der Waals surface area contributed by atoms with Crippen LogP contribution in [0.1, 0.15) is 39.0 Å². The maximum Gasteiger partial charge on any atom is 0.329 e. The Hall–Kier alpha value is -1.92. The third-order valence-electron chi connectivity index (χ3n) is 3.44. The van der Waals surface area contributed by atoms with Gasteiger partial charge in [0.2, 0.25) is 11.8 Å². The molecule has 110 valence electrons. The van der Waals surface area contributed by atoms with E-state index in [9.17, 15) is 10.1 Å². The summed E-state index contributed by atoms with van der Waals surface area (Å²) in [6.45, 7) is 4.28. The molecule has 1 aliphatic rings. The molecule has 0 amide bonds. The number of anilines is 2. The molecule has 1 aliphatic heterocycles. The van der Waals surface area contributed by atoms with Gasteiger partial charge in [-0.25, -0.2) is 4.98 Å². The lowest BCUT2D eigenvalue weighted by Gasteiger charge is -2.25. The SMILES string of the molecule is CCNc1ncc([N+](=O)[O-])c(N2CCCCCCC2)n1. The van der Waals surface area contributed by atoms with E-state index in [2.05, 4.69) is 15.3 Å². The molecule has 1 saturated heterocycles. The Morgan fingerprint density at radius 3 is 2.55 bits per heavy atom. The Morgan fingerprint density at radius 2 is 1.95 bits per heavy atom. The number of hydrogen-bond donors (Lipinski definition) is 1. The largest absolute Gasteiger partial charge is 0.354 e. The van der Waals surface area contributed by atoms with Crippen molar-refractivity contribution in [3.63, 3.8) is 0 Å². The molecule has 20 heavy (non-hydrogen) atoms. The van der Waals surface area contributed by atoms with Crippen molar-refractivity contribution < 1.29 is 4.92 Å². The fourth-order valence-corrected chi connectivity index (χ4v) is 2.43. The zero-order valence-electron chi connectivity index (χ0n) is 11.8. The monoisotopic (exact) mass is 279 g/mol. The van der Waals surface area contributed by atoms with Crippen molar-refractivity contribution in [3.8, 4) is 0 Å². The van der Waals surface area contributed by atoms with Gasteiger partial charge in [0.1, 0.15) is 6.20 Å². The molecule has 7 nitrogen and oxygen atoms in total. The van der Waals surface area contributed by atoms with E-state index in [4.69, 9.17) is 0 Å². The summed E-state index contributed by atoms with van der Waals surface area (Å²) >= 11 is 0. The van der Waals surface area contributed by atoms with Crippen molar-refractivity contribution in [2.24, 2.45) is 0 Å². The summed E-state index contributed by atoms with van der Waals surface area (Å²) in [7, 11) is 0. The van der Waals surface area contributed by atoms with Gasteiger partial charge in [-0.3, -0.25) is 10.1 Å². The first-order valence-corrected chi connectivity index (χ1v) is 7.22. The average molecular weight is 279 g/mol. The van der Waals surface area contributed by atoms with E-state index < -0.39 is 4.92 Å². The normalized spacial score (nSPS) is 16.4. The van der Waals surface area contributed by atoms with E-state index in [1.165, 1.54) is 25.5 Å². The molecule has 7 heteroatoms. The van der Waals surface area contributed by atoms with Crippen molar-refractivity contribution >= 4 is 17.5 Å². The van der Waals surface area contributed by atoms with Gasteiger partial charge in [0.15, 0.2) is 0 Å². The predicted octanol–water partition coefficient (Wildman–Crippen LogP) is 2.59. The van der Waals surface area contributed by atoms with Crippen molar-refractivity contribution in [2.75, 3.05) is 29.9 Å². The van der Waals surface area contributed by atoms with E-state index in [0.717, 1.165) is 25.9 Å². The van der Waals surface area contributed by atoms with Crippen molar-refractivity contribution in [1.82, 2.24) is 9.97 Å². The fourth-order valence-electron chi connectivity index (χ4n) is 2.43. The molecule has 0 spiro atoms. The highest BCUT2D eigenvalue weighted by Gasteiger charge is 2.23. The summed E-state index contributed by atoms with van der Waals surface area (Å²) in [6.07, 6.45) is 7.02. The van der Waals surface area contributed by atoms with Crippen molar-refractivity contribution in [2.45, 2.75) is 39.0 Å². The molecule has 2 rings (SSSR count). The molecule has 0 atom stereocenters. The van der Waals surface area contributed by atoms with Gasteiger partial charge < -0.3 is 10.2 Å². The average Bonchev–Trinajstić information content (AvgIpc) is 2.38. The highest BCUT2D eigenvalue weighted by atomic mass is 16.6. The van der Waals surface area contributed by atoms with Crippen LogP contribution >= 0.6 is 0 Å². The summed E-state index contributed by atoms with van der Waals surface area (Å²) in [4.78, 5) is 21.1. The van der Waals surface area contributed by atoms with Crippen LogP contribution < -0.4 is 10.2 Å². The molecular weight excluding hydrogens is 258 g/mol. The van der Waals surface area contributed by atoms with E-state index in [1.54, 1.807) is 0 Å². The minimum Gasteiger partial charge on any atom is -0.354 e. The maximum atomic E-state index is 11.2. The highest BCUT2D eigenvalue weighted by Crippen LogP contribution is 2.27. The fraction of sp³-hybridized carbons (Fsp3) is 0.692. The summed E-state index contributed by atoms with van der Waals surface area (Å²) in [6, 6.07) is 0. The second-order valence-corrected chi connectivity index (χ2v) is 4.94. The number of hydrogen-bond acceptors (Lipinski definition) is 6. The number of nitro groups is 1. The molecule has 0 saturated carbocycles. The predicted molar refractivity (Wildman–Crippen MR) is 78.1 cm³/mol. The summed E-state index contributed by atoms with van der Waals surface area (Å²) in [5.41, 5.74) is -0.00720. The second kappa shape index (κ2) is 7.02. The molecule has 2 heterocycles. The van der Waals surface area contributed by atoms with Gasteiger partial charge in [0.25, 0.3) is 0 Å². The molecule has 1 N–H and O–H groups in total. The van der Waals surface area contributed by atoms with Crippen LogP contribution in [0.4, 0.5) is 17.5 Å². The van der Waals surface area contributed by atoms with Crippen LogP contribution in [0, 0.1) is 10.1 Å². The van der Waals surface area contributed by atoms with E-state index in [0.29, 0.717) is 18.3 Å². The number of rotatable bonds is 4. The van der Waals surface area contributed by atoms with Gasteiger partial charge in [-0.1, -0.05) is 19.3 Å². The standard InChI is InChI=1S/C13H21N5O2/c1-2-14-13-15-10-11(18(19)20)12(16-13)17-8-6-4-3-5-7-9-17/h10H,2-9H2,1H3,(H,14,15,16). The lowest BCUT2D eigenvalue weighted by Crippen LogP contribution is -2.29. The summed E-state index contributed by atoms with van der Waals surface area (Å²) in [5, 5.41) is 14.2. The Morgan fingerprint density at radius 1 is 1.30 bits per heavy atom. The molecule has 1 aromatic rings. The lowest BCUT2D eigenvalue weighted by molar-refractivity contribution is -0.384. The van der Waals surface area contributed by atoms with Gasteiger partial charge in [-0.15, -0.1) is 0 Å². The van der Waals surface area contributed by atoms with E-state index in [1.807, 2.05) is 11.8 Å². The number of aromatic nitrogens is 2. The second-order valence-electron chi connectivity index (χ2n) is 4.94. The van der Waals surface area contributed by atoms with Crippen LogP contribution in [0.5, 0.6) is 0 Å². The number of nitrogens with one attached hydrogen (secondary N) is 1.